The van der Waals surface area contributed by atoms with E-state index in [2.05, 4.69) is 27.3 Å². The molecular formula is C23H31N3O4. The minimum atomic E-state index is -0.337. The number of anilines is 1. The minimum Gasteiger partial charge on any atom is -0.493 e. The average molecular weight is 414 g/mol. The van der Waals surface area contributed by atoms with Gasteiger partial charge in [0.1, 0.15) is 5.82 Å². The highest BCUT2D eigenvalue weighted by Crippen LogP contribution is 2.29. The molecule has 0 saturated carbocycles. The van der Waals surface area contributed by atoms with Gasteiger partial charge in [0.15, 0.2) is 11.5 Å². The lowest BCUT2D eigenvalue weighted by atomic mass is 10.0. The Balaban J connectivity index is 1.49. The molecule has 162 valence electrons. The van der Waals surface area contributed by atoms with Crippen LogP contribution in [-0.4, -0.2) is 55.3 Å². The van der Waals surface area contributed by atoms with Crippen LogP contribution in [0.2, 0.25) is 0 Å². The second-order valence-electron chi connectivity index (χ2n) is 7.27. The predicted octanol–water partition coefficient (Wildman–Crippen LogP) is 3.74. The van der Waals surface area contributed by atoms with Crippen molar-refractivity contribution < 1.29 is 19.0 Å². The molecule has 0 atom stereocenters. The highest BCUT2D eigenvalue weighted by molar-refractivity contribution is 5.89. The number of piperidine rings is 1. The zero-order valence-electron chi connectivity index (χ0n) is 18.0. The third kappa shape index (κ3) is 5.86. The molecular weight excluding hydrogens is 382 g/mol. The number of ether oxygens (including phenoxy) is 3. The number of nitrogens with zero attached hydrogens (tertiary/aromatic N) is 2. The number of likely N-dealkylation sites (tertiary alicyclic amines) is 1. The van der Waals surface area contributed by atoms with E-state index in [0.717, 1.165) is 49.8 Å². The Morgan fingerprint density at radius 2 is 1.93 bits per heavy atom. The van der Waals surface area contributed by atoms with Crippen LogP contribution in [0.5, 0.6) is 11.5 Å². The highest BCUT2D eigenvalue weighted by atomic mass is 16.5. The molecule has 1 saturated heterocycles. The van der Waals surface area contributed by atoms with Crippen molar-refractivity contribution in [1.29, 1.82) is 0 Å². The van der Waals surface area contributed by atoms with Crippen molar-refractivity contribution in [3.63, 3.8) is 0 Å². The largest absolute Gasteiger partial charge is 0.493 e. The third-order valence-corrected chi connectivity index (χ3v) is 5.15. The number of nitrogens with one attached hydrogen (secondary N) is 1. The standard InChI is InChI=1S/C23H31N3O4/c1-4-29-21-14-17(6-8-20(21)28-3)16-26-12-10-19(11-13-26)25-22-9-7-18(15-24-22)23(27)30-5-2/h6-9,14-15,19H,4-5,10-13,16H2,1-3H3,(H,24,25). The fourth-order valence-corrected chi connectivity index (χ4v) is 3.60. The van der Waals surface area contributed by atoms with Crippen molar-refractivity contribution in [3.05, 3.63) is 47.7 Å². The molecule has 2 aromatic rings. The second kappa shape index (κ2) is 10.8. The number of rotatable bonds is 9. The minimum absolute atomic E-state index is 0.337. The summed E-state index contributed by atoms with van der Waals surface area (Å²) in [5.74, 6) is 2.02. The van der Waals surface area contributed by atoms with Crippen LogP contribution < -0.4 is 14.8 Å². The molecule has 2 heterocycles. The summed E-state index contributed by atoms with van der Waals surface area (Å²) in [7, 11) is 1.66. The molecule has 0 bridgehead atoms. The van der Waals surface area contributed by atoms with Gasteiger partial charge < -0.3 is 19.5 Å². The van der Waals surface area contributed by atoms with Crippen LogP contribution in [0.25, 0.3) is 0 Å². The number of carbonyl (C=O) groups is 1. The van der Waals surface area contributed by atoms with Crippen LogP contribution >= 0.6 is 0 Å². The summed E-state index contributed by atoms with van der Waals surface area (Å²) in [5, 5.41) is 3.48. The number of aromatic nitrogens is 1. The third-order valence-electron chi connectivity index (χ3n) is 5.15. The van der Waals surface area contributed by atoms with Crippen LogP contribution in [0.15, 0.2) is 36.5 Å². The summed E-state index contributed by atoms with van der Waals surface area (Å²) < 4.78 is 16.0. The van der Waals surface area contributed by atoms with Crippen LogP contribution in [-0.2, 0) is 11.3 Å². The lowest BCUT2D eigenvalue weighted by Crippen LogP contribution is -2.38. The Kier molecular flexibility index (Phi) is 7.90. The number of hydrogen-bond donors (Lipinski definition) is 1. The van der Waals surface area contributed by atoms with Gasteiger partial charge >= 0.3 is 5.97 Å². The molecule has 3 rings (SSSR count). The molecule has 0 amide bonds. The van der Waals surface area contributed by atoms with Gasteiger partial charge in [-0.2, -0.15) is 0 Å². The molecule has 0 radical (unpaired) electrons. The molecule has 30 heavy (non-hydrogen) atoms. The highest BCUT2D eigenvalue weighted by Gasteiger charge is 2.20. The number of hydrogen-bond acceptors (Lipinski definition) is 7. The first-order valence-electron chi connectivity index (χ1n) is 10.5. The van der Waals surface area contributed by atoms with E-state index in [1.807, 2.05) is 19.1 Å². The molecule has 0 spiro atoms. The molecule has 7 heteroatoms. The van der Waals surface area contributed by atoms with Gasteiger partial charge in [0.25, 0.3) is 0 Å². The fraction of sp³-hybridized carbons (Fsp3) is 0.478. The van der Waals surface area contributed by atoms with E-state index in [4.69, 9.17) is 14.2 Å². The first-order chi connectivity index (χ1) is 14.6. The van der Waals surface area contributed by atoms with E-state index in [1.165, 1.54) is 5.56 Å². The maximum absolute atomic E-state index is 11.7. The lowest BCUT2D eigenvalue weighted by molar-refractivity contribution is 0.0526. The number of benzene rings is 1. The van der Waals surface area contributed by atoms with Crippen LogP contribution in [0.3, 0.4) is 0 Å². The van der Waals surface area contributed by atoms with Gasteiger partial charge in [-0.3, -0.25) is 4.90 Å². The lowest BCUT2D eigenvalue weighted by Gasteiger charge is -2.32. The van der Waals surface area contributed by atoms with Crippen LogP contribution in [0.1, 0.15) is 42.6 Å². The van der Waals surface area contributed by atoms with E-state index in [0.29, 0.717) is 24.8 Å². The van der Waals surface area contributed by atoms with Gasteiger partial charge in [-0.05, 0) is 56.5 Å². The zero-order valence-corrected chi connectivity index (χ0v) is 18.0. The van der Waals surface area contributed by atoms with Gasteiger partial charge in [-0.25, -0.2) is 9.78 Å². The van der Waals surface area contributed by atoms with Crippen LogP contribution in [0.4, 0.5) is 5.82 Å². The molecule has 1 aromatic carbocycles. The maximum Gasteiger partial charge on any atom is 0.339 e. The van der Waals surface area contributed by atoms with Gasteiger partial charge in [-0.15, -0.1) is 0 Å². The fourth-order valence-electron chi connectivity index (χ4n) is 3.60. The van der Waals surface area contributed by atoms with Gasteiger partial charge in [-0.1, -0.05) is 6.07 Å². The van der Waals surface area contributed by atoms with Crippen LogP contribution in [0, 0.1) is 0 Å². The number of carbonyl (C=O) groups excluding carboxylic acids is 1. The predicted molar refractivity (Wildman–Crippen MR) is 116 cm³/mol. The summed E-state index contributed by atoms with van der Waals surface area (Å²) >= 11 is 0. The molecule has 7 nitrogen and oxygen atoms in total. The Hall–Kier alpha value is -2.80. The monoisotopic (exact) mass is 413 g/mol. The van der Waals surface area contributed by atoms with Gasteiger partial charge in [0.2, 0.25) is 0 Å². The number of esters is 1. The molecule has 0 aliphatic carbocycles. The van der Waals surface area contributed by atoms with Crippen molar-refractivity contribution in [3.8, 4) is 11.5 Å². The second-order valence-corrected chi connectivity index (χ2v) is 7.27. The average Bonchev–Trinajstić information content (AvgIpc) is 2.76. The SMILES string of the molecule is CCOC(=O)c1ccc(NC2CCN(Cc3ccc(OC)c(OCC)c3)CC2)nc1. The van der Waals surface area contributed by atoms with Gasteiger partial charge in [0.05, 0.1) is 25.9 Å². The topological polar surface area (TPSA) is 72.9 Å². The summed E-state index contributed by atoms with van der Waals surface area (Å²) in [4.78, 5) is 18.5. The Labute approximate surface area is 178 Å². The Morgan fingerprint density at radius 3 is 2.57 bits per heavy atom. The number of methoxy groups -OCH3 is 1. The molecule has 1 N–H and O–H groups in total. The molecule has 1 aromatic heterocycles. The normalized spacial score (nSPS) is 14.9. The van der Waals surface area contributed by atoms with Crippen molar-refractivity contribution in [2.45, 2.75) is 39.3 Å². The van der Waals surface area contributed by atoms with E-state index in [-0.39, 0.29) is 5.97 Å². The van der Waals surface area contributed by atoms with E-state index in [9.17, 15) is 4.79 Å². The van der Waals surface area contributed by atoms with Crippen molar-refractivity contribution in [2.24, 2.45) is 0 Å². The van der Waals surface area contributed by atoms with E-state index < -0.39 is 0 Å². The van der Waals surface area contributed by atoms with Crippen molar-refractivity contribution in [1.82, 2.24) is 9.88 Å². The maximum atomic E-state index is 11.7. The summed E-state index contributed by atoms with van der Waals surface area (Å²) in [6, 6.07) is 10.1. The van der Waals surface area contributed by atoms with E-state index in [1.54, 1.807) is 26.3 Å². The first kappa shape index (κ1) is 21.9. The van der Waals surface area contributed by atoms with Crippen molar-refractivity contribution >= 4 is 11.8 Å². The molecule has 0 unspecified atom stereocenters. The number of pyridine rings is 1. The zero-order chi connectivity index (χ0) is 21.3. The van der Waals surface area contributed by atoms with E-state index >= 15 is 0 Å². The first-order valence-corrected chi connectivity index (χ1v) is 10.5. The summed E-state index contributed by atoms with van der Waals surface area (Å²) in [6.07, 6.45) is 3.64. The molecule has 1 aliphatic rings. The Bertz CT molecular complexity index is 818. The summed E-state index contributed by atoms with van der Waals surface area (Å²) in [6.45, 7) is 7.66. The summed E-state index contributed by atoms with van der Waals surface area (Å²) in [5.41, 5.74) is 1.70. The quantitative estimate of drug-likeness (QED) is 0.628. The Morgan fingerprint density at radius 1 is 1.13 bits per heavy atom. The molecule has 1 aliphatic heterocycles. The van der Waals surface area contributed by atoms with Crippen molar-refractivity contribution in [2.75, 3.05) is 38.7 Å². The smallest absolute Gasteiger partial charge is 0.339 e. The molecule has 1 fully saturated rings. The van der Waals surface area contributed by atoms with Gasteiger partial charge in [0, 0.05) is 31.9 Å².